The molecule has 0 aliphatic rings. The summed E-state index contributed by atoms with van der Waals surface area (Å²) in [6, 6.07) is 10.4. The van der Waals surface area contributed by atoms with E-state index < -0.39 is 9.84 Å². The van der Waals surface area contributed by atoms with Crippen LogP contribution in [-0.4, -0.2) is 19.7 Å². The lowest BCUT2D eigenvalue weighted by Gasteiger charge is -2.03. The van der Waals surface area contributed by atoms with Crippen molar-refractivity contribution in [2.75, 3.05) is 6.26 Å². The predicted molar refractivity (Wildman–Crippen MR) is 72.9 cm³/mol. The van der Waals surface area contributed by atoms with Gasteiger partial charge in [-0.3, -0.25) is 0 Å². The van der Waals surface area contributed by atoms with Gasteiger partial charge in [0, 0.05) is 22.2 Å². The van der Waals surface area contributed by atoms with E-state index in [1.165, 1.54) is 18.0 Å². The quantitative estimate of drug-likeness (QED) is 0.816. The molecule has 0 fully saturated rings. The Balaban J connectivity index is 2.21. The van der Waals surface area contributed by atoms with Crippen molar-refractivity contribution in [1.82, 2.24) is 4.98 Å². The van der Waals surface area contributed by atoms with Crippen molar-refractivity contribution in [3.63, 3.8) is 0 Å². The summed E-state index contributed by atoms with van der Waals surface area (Å²) in [5.74, 6) is 0. The Labute approximate surface area is 115 Å². The number of hydrogen-bond donors (Lipinski definition) is 0. The van der Waals surface area contributed by atoms with Crippen LogP contribution in [0.15, 0.2) is 57.3 Å². The molecule has 0 aliphatic heterocycles. The van der Waals surface area contributed by atoms with Gasteiger partial charge in [-0.2, -0.15) is 0 Å². The molecule has 2 aromatic rings. The monoisotopic (exact) mass is 299 g/mol. The molecule has 1 aromatic heterocycles. The van der Waals surface area contributed by atoms with Gasteiger partial charge in [0.2, 0.25) is 0 Å². The van der Waals surface area contributed by atoms with Gasteiger partial charge in [-0.15, -0.1) is 0 Å². The van der Waals surface area contributed by atoms with Crippen LogP contribution in [0.5, 0.6) is 0 Å². The number of halogens is 1. The summed E-state index contributed by atoms with van der Waals surface area (Å²) in [4.78, 5) is 6.13. The van der Waals surface area contributed by atoms with Crippen molar-refractivity contribution >= 4 is 33.2 Å². The molecule has 1 heterocycles. The van der Waals surface area contributed by atoms with Gasteiger partial charge in [0.1, 0.15) is 5.15 Å². The van der Waals surface area contributed by atoms with Crippen LogP contribution < -0.4 is 0 Å². The molecule has 0 radical (unpaired) electrons. The Bertz CT molecular complexity index is 654. The summed E-state index contributed by atoms with van der Waals surface area (Å²) < 4.78 is 22.6. The van der Waals surface area contributed by atoms with Gasteiger partial charge in [-0.05, 0) is 36.4 Å². The minimum Gasteiger partial charge on any atom is -0.244 e. The minimum absolute atomic E-state index is 0.319. The molecule has 1 aromatic carbocycles. The number of benzene rings is 1. The molecule has 0 bridgehead atoms. The summed E-state index contributed by atoms with van der Waals surface area (Å²) >= 11 is 7.29. The molecule has 2 rings (SSSR count). The first-order valence-electron chi connectivity index (χ1n) is 5.05. The third-order valence-electron chi connectivity index (χ3n) is 2.19. The predicted octanol–water partition coefficient (Wildman–Crippen LogP) is 3.29. The lowest BCUT2D eigenvalue weighted by Crippen LogP contribution is -1.95. The molecular formula is C12H10ClNO2S2. The van der Waals surface area contributed by atoms with E-state index in [1.807, 2.05) is 6.07 Å². The van der Waals surface area contributed by atoms with Crippen molar-refractivity contribution in [1.29, 1.82) is 0 Å². The maximum absolute atomic E-state index is 11.3. The molecule has 0 unspecified atom stereocenters. The number of nitrogens with zero attached hydrogens (tertiary/aromatic N) is 1. The number of rotatable bonds is 3. The van der Waals surface area contributed by atoms with Crippen LogP contribution in [0.1, 0.15) is 0 Å². The second-order valence-corrected chi connectivity index (χ2v) is 7.21. The molecule has 0 amide bonds. The second kappa shape index (κ2) is 5.30. The van der Waals surface area contributed by atoms with E-state index in [0.29, 0.717) is 10.0 Å². The Morgan fingerprint density at radius 3 is 2.33 bits per heavy atom. The highest BCUT2D eigenvalue weighted by atomic mass is 35.5. The van der Waals surface area contributed by atoms with Gasteiger partial charge in [0.15, 0.2) is 9.84 Å². The normalized spacial score (nSPS) is 11.4. The molecular weight excluding hydrogens is 290 g/mol. The number of pyridine rings is 1. The fraction of sp³-hybridized carbons (Fsp3) is 0.0833. The van der Waals surface area contributed by atoms with Crippen LogP contribution in [-0.2, 0) is 9.84 Å². The highest BCUT2D eigenvalue weighted by Gasteiger charge is 2.06. The van der Waals surface area contributed by atoms with Crippen molar-refractivity contribution in [2.45, 2.75) is 14.7 Å². The summed E-state index contributed by atoms with van der Waals surface area (Å²) in [5.41, 5.74) is 0. The first-order valence-corrected chi connectivity index (χ1v) is 8.13. The summed E-state index contributed by atoms with van der Waals surface area (Å²) in [5, 5.41) is 0.438. The van der Waals surface area contributed by atoms with Crippen LogP contribution in [0.3, 0.4) is 0 Å². The SMILES string of the molecule is CS(=O)(=O)c1ccc(Sc2ccnc(Cl)c2)cc1. The van der Waals surface area contributed by atoms with E-state index >= 15 is 0 Å². The van der Waals surface area contributed by atoms with Gasteiger partial charge < -0.3 is 0 Å². The Morgan fingerprint density at radius 1 is 1.11 bits per heavy atom. The van der Waals surface area contributed by atoms with Crippen LogP contribution in [0.4, 0.5) is 0 Å². The van der Waals surface area contributed by atoms with Crippen LogP contribution >= 0.6 is 23.4 Å². The largest absolute Gasteiger partial charge is 0.244 e. The van der Waals surface area contributed by atoms with Gasteiger partial charge >= 0.3 is 0 Å². The second-order valence-electron chi connectivity index (χ2n) is 3.66. The third kappa shape index (κ3) is 3.48. The Morgan fingerprint density at radius 2 is 1.78 bits per heavy atom. The third-order valence-corrected chi connectivity index (χ3v) is 4.52. The topological polar surface area (TPSA) is 47.0 Å². The van der Waals surface area contributed by atoms with Crippen molar-refractivity contribution < 1.29 is 8.42 Å². The number of hydrogen-bond acceptors (Lipinski definition) is 4. The maximum atomic E-state index is 11.3. The van der Waals surface area contributed by atoms with E-state index in [4.69, 9.17) is 11.6 Å². The molecule has 0 saturated carbocycles. The molecule has 0 atom stereocenters. The standard InChI is InChI=1S/C12H10ClNO2S2/c1-18(15,16)11-4-2-9(3-5-11)17-10-6-7-14-12(13)8-10/h2-8H,1H3. The Kier molecular flexibility index (Phi) is 3.94. The van der Waals surface area contributed by atoms with Gasteiger partial charge in [0.25, 0.3) is 0 Å². The van der Waals surface area contributed by atoms with Crippen LogP contribution in [0, 0.1) is 0 Å². The highest BCUT2D eigenvalue weighted by Crippen LogP contribution is 2.29. The molecule has 0 aliphatic carbocycles. The van der Waals surface area contributed by atoms with Crippen LogP contribution in [0.25, 0.3) is 0 Å². The molecule has 3 nitrogen and oxygen atoms in total. The summed E-state index contributed by atoms with van der Waals surface area (Å²) in [6.07, 6.45) is 2.83. The van der Waals surface area contributed by atoms with E-state index in [1.54, 1.807) is 36.5 Å². The molecule has 18 heavy (non-hydrogen) atoms. The van der Waals surface area contributed by atoms with Crippen molar-refractivity contribution in [3.8, 4) is 0 Å². The fourth-order valence-electron chi connectivity index (χ4n) is 1.34. The molecule has 6 heteroatoms. The van der Waals surface area contributed by atoms with E-state index in [2.05, 4.69) is 4.98 Å². The van der Waals surface area contributed by atoms with Gasteiger partial charge in [-0.25, -0.2) is 13.4 Å². The molecule has 0 N–H and O–H groups in total. The molecule has 0 saturated heterocycles. The molecule has 0 spiro atoms. The first kappa shape index (κ1) is 13.4. The van der Waals surface area contributed by atoms with Crippen molar-refractivity contribution in [2.24, 2.45) is 0 Å². The molecule has 94 valence electrons. The smallest absolute Gasteiger partial charge is 0.175 e. The van der Waals surface area contributed by atoms with Crippen LogP contribution in [0.2, 0.25) is 5.15 Å². The number of aromatic nitrogens is 1. The maximum Gasteiger partial charge on any atom is 0.175 e. The van der Waals surface area contributed by atoms with Crippen molar-refractivity contribution in [3.05, 3.63) is 47.7 Å². The average molecular weight is 300 g/mol. The van der Waals surface area contributed by atoms with Gasteiger partial charge in [-0.1, -0.05) is 23.4 Å². The summed E-state index contributed by atoms with van der Waals surface area (Å²) in [6.45, 7) is 0. The fourth-order valence-corrected chi connectivity index (χ4v) is 3.05. The zero-order valence-electron chi connectivity index (χ0n) is 9.50. The average Bonchev–Trinajstić information content (AvgIpc) is 2.28. The Hall–Kier alpha value is -1.04. The minimum atomic E-state index is -3.14. The lowest BCUT2D eigenvalue weighted by molar-refractivity contribution is 0.602. The van der Waals surface area contributed by atoms with E-state index in [-0.39, 0.29) is 0 Å². The lowest BCUT2D eigenvalue weighted by atomic mass is 10.4. The van der Waals surface area contributed by atoms with Gasteiger partial charge in [0.05, 0.1) is 4.90 Å². The van der Waals surface area contributed by atoms with E-state index in [0.717, 1.165) is 9.79 Å². The number of sulfone groups is 1. The highest BCUT2D eigenvalue weighted by molar-refractivity contribution is 7.99. The zero-order chi connectivity index (χ0) is 13.2. The summed E-state index contributed by atoms with van der Waals surface area (Å²) in [7, 11) is -3.14. The first-order chi connectivity index (χ1) is 8.45. The zero-order valence-corrected chi connectivity index (χ0v) is 11.9. The van der Waals surface area contributed by atoms with E-state index in [9.17, 15) is 8.42 Å².